The van der Waals surface area contributed by atoms with Gasteiger partial charge in [0.25, 0.3) is 10.0 Å². The molecule has 0 radical (unpaired) electrons. The largest absolute Gasteiger partial charge is 0.497 e. The van der Waals surface area contributed by atoms with Crippen LogP contribution in [-0.2, 0) is 35.6 Å². The zero-order valence-corrected chi connectivity index (χ0v) is 25.8. The van der Waals surface area contributed by atoms with Crippen LogP contribution in [0.1, 0.15) is 24.5 Å². The predicted octanol–water partition coefficient (Wildman–Crippen LogP) is 5.48. The number of aryl methyl sites for hydroxylation is 1. The number of carbonyl (C=O) groups is 2. The van der Waals surface area contributed by atoms with Gasteiger partial charge in [0, 0.05) is 29.0 Å². The molecule has 0 aliphatic heterocycles. The summed E-state index contributed by atoms with van der Waals surface area (Å²) in [5.74, 6) is -0.543. The summed E-state index contributed by atoms with van der Waals surface area (Å²) >= 11 is 0. The Morgan fingerprint density at radius 2 is 1.42 bits per heavy atom. The summed E-state index contributed by atoms with van der Waals surface area (Å²) in [6, 6.07) is 24.8. The lowest BCUT2D eigenvalue weighted by Crippen LogP contribution is -2.37. The highest BCUT2D eigenvalue weighted by Gasteiger charge is 2.30. The van der Waals surface area contributed by atoms with Crippen molar-refractivity contribution in [1.29, 1.82) is 0 Å². The molecule has 10 heteroatoms. The van der Waals surface area contributed by atoms with Crippen molar-refractivity contribution in [3.63, 3.8) is 0 Å². The second-order valence-electron chi connectivity index (χ2n) is 10.2. The van der Waals surface area contributed by atoms with Crippen LogP contribution in [0.5, 0.6) is 5.75 Å². The molecule has 9 nitrogen and oxygen atoms in total. The standard InChI is InChI=1S/C33H36N2O7S/c1-23-9-8-10-25(19-23)21-34(24(2)20-32(36)41-4)30-17-18-31(29-12-7-6-11-28(29)30)35(22-33(37)42-5)43(38,39)27-15-13-26(40-3)14-16-27/h6-19,24H,20-22H2,1-5H3/t24-/m0/s1. The van der Waals surface area contributed by atoms with Gasteiger partial charge in [-0.05, 0) is 55.8 Å². The van der Waals surface area contributed by atoms with Crippen molar-refractivity contribution in [2.24, 2.45) is 0 Å². The number of fused-ring (bicyclic) bond motifs is 1. The van der Waals surface area contributed by atoms with Gasteiger partial charge in [-0.3, -0.25) is 13.9 Å². The van der Waals surface area contributed by atoms with Crippen molar-refractivity contribution < 1.29 is 32.2 Å². The van der Waals surface area contributed by atoms with Gasteiger partial charge in [0.05, 0.1) is 38.3 Å². The smallest absolute Gasteiger partial charge is 0.326 e. The Morgan fingerprint density at radius 3 is 2.02 bits per heavy atom. The van der Waals surface area contributed by atoms with E-state index < -0.39 is 22.5 Å². The number of carbonyl (C=O) groups excluding carboxylic acids is 2. The summed E-state index contributed by atoms with van der Waals surface area (Å²) in [6.45, 7) is 3.95. The number of anilines is 2. The Hall–Kier alpha value is -4.57. The van der Waals surface area contributed by atoms with Crippen molar-refractivity contribution >= 4 is 44.1 Å². The first-order chi connectivity index (χ1) is 20.6. The molecular formula is C33H36N2O7S. The summed E-state index contributed by atoms with van der Waals surface area (Å²) in [4.78, 5) is 27.0. The lowest BCUT2D eigenvalue weighted by Gasteiger charge is -2.33. The lowest BCUT2D eigenvalue weighted by molar-refractivity contribution is -0.141. The maximum Gasteiger partial charge on any atom is 0.326 e. The van der Waals surface area contributed by atoms with Crippen LogP contribution in [-0.4, -0.2) is 54.3 Å². The van der Waals surface area contributed by atoms with Crippen molar-refractivity contribution in [2.45, 2.75) is 37.8 Å². The van der Waals surface area contributed by atoms with Crippen LogP contribution in [0.25, 0.3) is 10.8 Å². The molecule has 0 saturated heterocycles. The minimum absolute atomic E-state index is 0.00173. The Balaban J connectivity index is 1.88. The van der Waals surface area contributed by atoms with Gasteiger partial charge in [0.15, 0.2) is 0 Å². The molecule has 4 rings (SSSR count). The highest BCUT2D eigenvalue weighted by Crippen LogP contribution is 2.38. The third-order valence-corrected chi connectivity index (χ3v) is 9.04. The molecule has 4 aromatic carbocycles. The van der Waals surface area contributed by atoms with Gasteiger partial charge in [-0.25, -0.2) is 8.42 Å². The van der Waals surface area contributed by atoms with Crippen LogP contribution in [0.3, 0.4) is 0 Å². The van der Waals surface area contributed by atoms with Crippen LogP contribution in [0.2, 0.25) is 0 Å². The monoisotopic (exact) mass is 604 g/mol. The van der Waals surface area contributed by atoms with E-state index in [-0.39, 0.29) is 23.3 Å². The minimum Gasteiger partial charge on any atom is -0.497 e. The van der Waals surface area contributed by atoms with E-state index in [1.54, 1.807) is 18.2 Å². The summed E-state index contributed by atoms with van der Waals surface area (Å²) < 4.78 is 44.1. The van der Waals surface area contributed by atoms with Crippen LogP contribution >= 0.6 is 0 Å². The molecule has 0 aromatic heterocycles. The first kappa shape index (κ1) is 31.4. The maximum absolute atomic E-state index is 14.0. The Bertz CT molecular complexity index is 1700. The highest BCUT2D eigenvalue weighted by atomic mass is 32.2. The van der Waals surface area contributed by atoms with E-state index in [1.807, 2.05) is 62.4 Å². The van der Waals surface area contributed by atoms with Crippen molar-refractivity contribution in [3.8, 4) is 5.75 Å². The van der Waals surface area contributed by atoms with Gasteiger partial charge in [0.1, 0.15) is 12.3 Å². The van der Waals surface area contributed by atoms with E-state index in [2.05, 4.69) is 11.0 Å². The number of methoxy groups -OCH3 is 3. The van der Waals surface area contributed by atoms with Crippen LogP contribution in [0.15, 0.2) is 89.8 Å². The van der Waals surface area contributed by atoms with Crippen LogP contribution in [0.4, 0.5) is 11.4 Å². The summed E-state index contributed by atoms with van der Waals surface area (Å²) in [5.41, 5.74) is 3.29. The van der Waals surface area contributed by atoms with Gasteiger partial charge in [-0.2, -0.15) is 0 Å². The fraction of sp³-hybridized carbons (Fsp3) is 0.273. The second kappa shape index (κ2) is 13.6. The van der Waals surface area contributed by atoms with Gasteiger partial charge >= 0.3 is 11.9 Å². The Kier molecular flexibility index (Phi) is 9.92. The molecule has 0 fully saturated rings. The SMILES string of the molecule is COC(=O)C[C@H](C)N(Cc1cccc(C)c1)c1ccc(N(CC(=O)OC)S(=O)(=O)c2ccc(OC)cc2)c2ccccc12. The second-order valence-corrected chi connectivity index (χ2v) is 12.0. The number of sulfonamides is 1. The fourth-order valence-corrected chi connectivity index (χ4v) is 6.44. The molecule has 226 valence electrons. The molecule has 0 aliphatic carbocycles. The van der Waals surface area contributed by atoms with E-state index in [4.69, 9.17) is 14.2 Å². The molecule has 0 bridgehead atoms. The molecule has 0 spiro atoms. The van der Waals surface area contributed by atoms with Gasteiger partial charge in [-0.1, -0.05) is 54.1 Å². The molecule has 0 N–H and O–H groups in total. The molecule has 43 heavy (non-hydrogen) atoms. The topological polar surface area (TPSA) is 102 Å². The van der Waals surface area contributed by atoms with Gasteiger partial charge in [-0.15, -0.1) is 0 Å². The number of hydrogen-bond donors (Lipinski definition) is 0. The van der Waals surface area contributed by atoms with E-state index in [1.165, 1.54) is 33.5 Å². The molecule has 1 atom stereocenters. The van der Waals surface area contributed by atoms with Crippen molar-refractivity contribution in [3.05, 3.63) is 96.1 Å². The minimum atomic E-state index is -4.20. The quantitative estimate of drug-likeness (QED) is 0.196. The Morgan fingerprint density at radius 1 is 0.791 bits per heavy atom. The molecular weight excluding hydrogens is 568 g/mol. The molecule has 0 heterocycles. The number of esters is 2. The molecule has 0 amide bonds. The highest BCUT2D eigenvalue weighted by molar-refractivity contribution is 7.92. The van der Waals surface area contributed by atoms with E-state index in [0.717, 1.165) is 26.5 Å². The fourth-order valence-electron chi connectivity index (χ4n) is 5.01. The van der Waals surface area contributed by atoms with Crippen molar-refractivity contribution in [2.75, 3.05) is 37.1 Å². The lowest BCUT2D eigenvalue weighted by atomic mass is 10.0. The first-order valence-corrected chi connectivity index (χ1v) is 15.2. The first-order valence-electron chi connectivity index (χ1n) is 13.7. The average Bonchev–Trinajstić information content (AvgIpc) is 3.02. The molecule has 0 unspecified atom stereocenters. The number of hydrogen-bond acceptors (Lipinski definition) is 8. The van der Waals surface area contributed by atoms with E-state index >= 15 is 0 Å². The normalized spacial score (nSPS) is 11.9. The number of benzene rings is 4. The third-order valence-electron chi connectivity index (χ3n) is 7.26. The summed E-state index contributed by atoms with van der Waals surface area (Å²) in [7, 11) is -0.120. The van der Waals surface area contributed by atoms with Gasteiger partial charge in [0.2, 0.25) is 0 Å². The zero-order valence-electron chi connectivity index (χ0n) is 24.9. The predicted molar refractivity (Wildman–Crippen MR) is 167 cm³/mol. The zero-order chi connectivity index (χ0) is 31.1. The summed E-state index contributed by atoms with van der Waals surface area (Å²) in [6.07, 6.45) is 0.151. The number of nitrogens with zero attached hydrogens (tertiary/aromatic N) is 2. The number of ether oxygens (including phenoxy) is 3. The maximum atomic E-state index is 14.0. The Labute approximate surface area is 252 Å². The average molecular weight is 605 g/mol. The molecule has 0 saturated carbocycles. The molecule has 0 aliphatic rings. The third kappa shape index (κ3) is 7.09. The van der Waals surface area contributed by atoms with E-state index in [9.17, 15) is 18.0 Å². The van der Waals surface area contributed by atoms with Crippen LogP contribution < -0.4 is 13.9 Å². The van der Waals surface area contributed by atoms with Crippen LogP contribution in [0, 0.1) is 6.92 Å². The van der Waals surface area contributed by atoms with Crippen molar-refractivity contribution in [1.82, 2.24) is 0 Å². The molecule has 4 aromatic rings. The summed E-state index contributed by atoms with van der Waals surface area (Å²) in [5, 5.41) is 1.37. The number of rotatable bonds is 12. The van der Waals surface area contributed by atoms with Gasteiger partial charge < -0.3 is 19.1 Å². The van der Waals surface area contributed by atoms with E-state index in [0.29, 0.717) is 23.4 Å².